The second-order valence-corrected chi connectivity index (χ2v) is 9.96. The van der Waals surface area contributed by atoms with Crippen molar-refractivity contribution in [3.63, 3.8) is 0 Å². The molecule has 0 saturated carbocycles. The molecule has 5 atom stereocenters. The molecule has 0 aliphatic carbocycles. The van der Waals surface area contributed by atoms with E-state index in [1.165, 1.54) is 17.2 Å². The van der Waals surface area contributed by atoms with E-state index in [0.717, 1.165) is 0 Å². The molecule has 0 aromatic carbocycles. The van der Waals surface area contributed by atoms with E-state index < -0.39 is 48.0 Å². The Morgan fingerprint density at radius 2 is 1.78 bits per heavy atom. The van der Waals surface area contributed by atoms with Crippen LogP contribution in [0, 0.1) is 0 Å². The summed E-state index contributed by atoms with van der Waals surface area (Å²) in [5.41, 5.74) is -0.126. The smallest absolute Gasteiger partial charge is 0.756 e. The van der Waals surface area contributed by atoms with E-state index in [-0.39, 0.29) is 106 Å². The molecule has 2 aromatic heterocycles. The van der Waals surface area contributed by atoms with Gasteiger partial charge in [0, 0.05) is 0 Å². The first-order chi connectivity index (χ1) is 13.4. The molecule has 0 spiro atoms. The van der Waals surface area contributed by atoms with Gasteiger partial charge >= 0.3 is 88.7 Å². The Kier molecular flexibility index (Phi) is 14.0. The molecular formula is C10H12N4Na3O12P3. The summed E-state index contributed by atoms with van der Waals surface area (Å²) in [5.74, 6) is 0. The average Bonchev–Trinajstić information content (AvgIpc) is 3.16. The Balaban J connectivity index is 0.00000320. The van der Waals surface area contributed by atoms with Crippen molar-refractivity contribution in [3.8, 4) is 0 Å². The van der Waals surface area contributed by atoms with Gasteiger partial charge in [-0.2, -0.15) is 0 Å². The van der Waals surface area contributed by atoms with Gasteiger partial charge in [-0.3, -0.25) is 23.1 Å². The van der Waals surface area contributed by atoms with Crippen LogP contribution in [0.5, 0.6) is 0 Å². The molecule has 32 heavy (non-hydrogen) atoms. The summed E-state index contributed by atoms with van der Waals surface area (Å²) >= 11 is 0. The maximum atomic E-state index is 11.7. The fraction of sp³-hybridized carbons (Fsp3) is 0.500. The second-order valence-electron chi connectivity index (χ2n) is 5.67. The van der Waals surface area contributed by atoms with Crippen molar-refractivity contribution in [2.45, 2.75) is 25.2 Å². The predicted molar refractivity (Wildman–Crippen MR) is 84.5 cm³/mol. The van der Waals surface area contributed by atoms with Crippen molar-refractivity contribution >= 4 is 34.6 Å². The molecule has 16 nitrogen and oxygen atoms in total. The minimum Gasteiger partial charge on any atom is -0.756 e. The zero-order valence-electron chi connectivity index (χ0n) is 17.1. The zero-order valence-corrected chi connectivity index (χ0v) is 25.7. The molecule has 0 bridgehead atoms. The Labute approximate surface area is 246 Å². The topological polar surface area (TPSA) is 241 Å². The number of rotatable bonds is 8. The zero-order chi connectivity index (χ0) is 21.4. The van der Waals surface area contributed by atoms with Crippen LogP contribution >= 0.6 is 23.5 Å². The molecule has 22 heteroatoms. The standard InChI is InChI=1S/C10H15N4O12P3.3Na/c15-10-8-9(11-4-12-10)14(5-13-8)7-2-1-6(24-7)3-23-28(19,20)26-29(21,22)25-27(16,17)18;;;/h4-7H,1-3H2,(H,19,20)(H,21,22)(H,11,12,15)(H2,16,17,18);;;/q;3*+1/p-3/t6-,7+;;;/m0.../s1. The summed E-state index contributed by atoms with van der Waals surface area (Å²) in [4.78, 5) is 63.3. The third kappa shape index (κ3) is 9.64. The number of nitrogens with zero attached hydrogens (tertiary/aromatic N) is 3. The quantitative estimate of drug-likeness (QED) is 0.233. The molecule has 1 aliphatic heterocycles. The van der Waals surface area contributed by atoms with Crippen molar-refractivity contribution < 1.29 is 140 Å². The van der Waals surface area contributed by atoms with E-state index in [9.17, 15) is 33.2 Å². The van der Waals surface area contributed by atoms with E-state index >= 15 is 0 Å². The van der Waals surface area contributed by atoms with E-state index in [0.29, 0.717) is 6.42 Å². The molecule has 1 aliphatic rings. The van der Waals surface area contributed by atoms with Crippen LogP contribution in [0.25, 0.3) is 11.2 Å². The van der Waals surface area contributed by atoms with Gasteiger partial charge in [-0.1, -0.05) is 0 Å². The molecule has 3 heterocycles. The van der Waals surface area contributed by atoms with Crippen molar-refractivity contribution in [1.29, 1.82) is 0 Å². The number of aromatic nitrogens is 4. The number of hydrogen-bond acceptors (Lipinski definition) is 13. The van der Waals surface area contributed by atoms with Crippen LogP contribution in [0.15, 0.2) is 17.4 Å². The summed E-state index contributed by atoms with van der Waals surface area (Å²) < 4.78 is 51.2. The number of phosphoric acid groups is 3. The maximum absolute atomic E-state index is 11.7. The van der Waals surface area contributed by atoms with Gasteiger partial charge in [-0.05, 0) is 12.8 Å². The number of H-pyrrole nitrogens is 1. The fourth-order valence-electron chi connectivity index (χ4n) is 2.55. The Morgan fingerprint density at radius 3 is 2.41 bits per heavy atom. The molecule has 1 fully saturated rings. The average molecular weight is 542 g/mol. The van der Waals surface area contributed by atoms with Crippen LogP contribution in [-0.4, -0.2) is 37.1 Å². The summed E-state index contributed by atoms with van der Waals surface area (Å²) in [6.07, 6.45) is 1.69. The third-order valence-electron chi connectivity index (χ3n) is 3.58. The van der Waals surface area contributed by atoms with Gasteiger partial charge in [0.2, 0.25) is 0 Å². The number of aromatic amines is 1. The van der Waals surface area contributed by atoms with Gasteiger partial charge in [0.15, 0.2) is 11.2 Å². The van der Waals surface area contributed by atoms with E-state index in [2.05, 4.69) is 28.1 Å². The second kappa shape index (κ2) is 13.3. The molecule has 162 valence electrons. The number of fused-ring (bicyclic) bond motifs is 1. The summed E-state index contributed by atoms with van der Waals surface area (Å²) in [5, 5.41) is 0. The van der Waals surface area contributed by atoms with Crippen molar-refractivity contribution in [3.05, 3.63) is 23.0 Å². The Morgan fingerprint density at radius 1 is 1.12 bits per heavy atom. The van der Waals surface area contributed by atoms with Gasteiger partial charge in [0.1, 0.15) is 6.23 Å². The largest absolute Gasteiger partial charge is 1.00 e. The fourth-order valence-corrected chi connectivity index (χ4v) is 5.47. The molecule has 2 N–H and O–H groups in total. The van der Waals surface area contributed by atoms with Crippen LogP contribution in [0.1, 0.15) is 19.1 Å². The molecular weight excluding hydrogens is 530 g/mol. The van der Waals surface area contributed by atoms with Crippen LogP contribution in [0.2, 0.25) is 0 Å². The van der Waals surface area contributed by atoms with Crippen LogP contribution in [-0.2, 0) is 31.6 Å². The van der Waals surface area contributed by atoms with Crippen LogP contribution < -0.4 is 109 Å². The summed E-state index contributed by atoms with van der Waals surface area (Å²) in [6, 6.07) is 0. The number of phosphoric ester groups is 1. The number of ether oxygens (including phenoxy) is 1. The summed E-state index contributed by atoms with van der Waals surface area (Å²) in [6.45, 7) is -0.661. The molecule has 0 radical (unpaired) electrons. The molecule has 1 saturated heterocycles. The van der Waals surface area contributed by atoms with E-state index in [4.69, 9.17) is 9.63 Å². The number of nitrogens with one attached hydrogen (secondary N) is 1. The first-order valence-electron chi connectivity index (χ1n) is 7.64. The molecule has 0 amide bonds. The first-order valence-corrected chi connectivity index (χ1v) is 12.1. The third-order valence-corrected chi connectivity index (χ3v) is 7.27. The predicted octanol–water partition coefficient (Wildman–Crippen LogP) is -10.7. The van der Waals surface area contributed by atoms with Gasteiger partial charge in [0.25, 0.3) is 29.0 Å². The van der Waals surface area contributed by atoms with Gasteiger partial charge in [0.05, 0.1) is 25.4 Å². The normalized spacial score (nSPS) is 23.6. The van der Waals surface area contributed by atoms with Crippen LogP contribution in [0.4, 0.5) is 0 Å². The van der Waals surface area contributed by atoms with Crippen molar-refractivity contribution in [1.82, 2.24) is 19.5 Å². The van der Waals surface area contributed by atoms with Gasteiger partial charge < -0.3 is 33.8 Å². The molecule has 2 aromatic rings. The monoisotopic (exact) mass is 542 g/mol. The SMILES string of the molecule is O=c1[nH]cnc2c1ncn2[C@H]1CC[C@@H](COP(=O)([O-])OP(=O)([O-])OP(=O)([O-])O)O1.[Na+].[Na+].[Na+]. The van der Waals surface area contributed by atoms with Crippen molar-refractivity contribution in [2.75, 3.05) is 6.61 Å². The number of imidazole rings is 1. The van der Waals surface area contributed by atoms with Gasteiger partial charge in [-0.15, -0.1) is 0 Å². The van der Waals surface area contributed by atoms with Crippen LogP contribution in [0.3, 0.4) is 0 Å². The molecule has 3 unspecified atom stereocenters. The summed E-state index contributed by atoms with van der Waals surface area (Å²) in [7, 11) is -17.3. The molecule has 3 rings (SSSR count). The van der Waals surface area contributed by atoms with Gasteiger partial charge in [-0.25, -0.2) is 18.6 Å². The Hall–Kier alpha value is 1.72. The minimum atomic E-state index is -5.95. The Bertz CT molecular complexity index is 1110. The first kappa shape index (κ1) is 33.7. The maximum Gasteiger partial charge on any atom is 1.00 e. The van der Waals surface area contributed by atoms with Crippen molar-refractivity contribution in [2.24, 2.45) is 0 Å². The minimum absolute atomic E-state index is 0. The van der Waals surface area contributed by atoms with E-state index in [1.54, 1.807) is 0 Å². The number of hydrogen-bond donors (Lipinski definition) is 2. The van der Waals surface area contributed by atoms with E-state index in [1.807, 2.05) is 0 Å².